The predicted octanol–water partition coefficient (Wildman–Crippen LogP) is 2.54. The first-order chi connectivity index (χ1) is 9.31. The Kier molecular flexibility index (Phi) is 2.94. The summed E-state index contributed by atoms with van der Waals surface area (Å²) in [7, 11) is 0. The molecule has 1 heterocycles. The van der Waals surface area contributed by atoms with Crippen LogP contribution in [-0.2, 0) is 19.6 Å². The number of nitrogens with zero attached hydrogens (tertiary/aromatic N) is 2. The van der Waals surface area contributed by atoms with Gasteiger partial charge < -0.3 is 10.6 Å². The molecule has 3 heteroatoms. The van der Waals surface area contributed by atoms with Gasteiger partial charge in [0.05, 0.1) is 11.3 Å². The summed E-state index contributed by atoms with van der Waals surface area (Å²) in [6.07, 6.45) is 0. The van der Waals surface area contributed by atoms with Crippen molar-refractivity contribution in [2.45, 2.75) is 19.6 Å². The van der Waals surface area contributed by atoms with Crippen LogP contribution in [0.3, 0.4) is 0 Å². The van der Waals surface area contributed by atoms with Crippen LogP contribution < -0.4 is 10.6 Å². The molecular formula is C16H15N3. The van der Waals surface area contributed by atoms with E-state index in [1.165, 1.54) is 11.1 Å². The largest absolute Gasteiger partial charge is 0.362 e. The monoisotopic (exact) mass is 249 g/mol. The molecule has 2 N–H and O–H groups in total. The molecule has 0 amide bonds. The van der Waals surface area contributed by atoms with Crippen molar-refractivity contribution in [3.05, 3.63) is 64.7 Å². The standard InChI is InChI=1S/C16H15N3/c17-8-12-5-6-16(15(7-12)9-18)19-10-13-3-1-2-4-14(13)11-19/h1-7H,8,10-11,17H2. The van der Waals surface area contributed by atoms with Crippen molar-refractivity contribution in [3.8, 4) is 6.07 Å². The number of benzene rings is 2. The zero-order chi connectivity index (χ0) is 13.2. The molecule has 0 bridgehead atoms. The highest BCUT2D eigenvalue weighted by atomic mass is 15.1. The number of fused-ring (bicyclic) bond motifs is 1. The fourth-order valence-electron chi connectivity index (χ4n) is 2.58. The fourth-order valence-corrected chi connectivity index (χ4v) is 2.58. The minimum atomic E-state index is 0.467. The predicted molar refractivity (Wildman–Crippen MR) is 75.4 cm³/mol. The summed E-state index contributed by atoms with van der Waals surface area (Å²) in [6, 6.07) is 16.6. The lowest BCUT2D eigenvalue weighted by molar-refractivity contribution is 0.877. The van der Waals surface area contributed by atoms with Crippen molar-refractivity contribution in [3.63, 3.8) is 0 Å². The summed E-state index contributed by atoms with van der Waals surface area (Å²) >= 11 is 0. The van der Waals surface area contributed by atoms with E-state index in [-0.39, 0.29) is 0 Å². The third-order valence-electron chi connectivity index (χ3n) is 3.60. The number of anilines is 1. The fraction of sp³-hybridized carbons (Fsp3) is 0.188. The molecule has 2 aromatic rings. The van der Waals surface area contributed by atoms with Gasteiger partial charge in [-0.25, -0.2) is 0 Å². The quantitative estimate of drug-likeness (QED) is 0.889. The third kappa shape index (κ3) is 2.07. The van der Waals surface area contributed by atoms with E-state index in [4.69, 9.17) is 5.73 Å². The van der Waals surface area contributed by atoms with E-state index in [9.17, 15) is 5.26 Å². The molecule has 2 aromatic carbocycles. The number of hydrogen-bond acceptors (Lipinski definition) is 3. The molecule has 0 spiro atoms. The van der Waals surface area contributed by atoms with E-state index in [1.54, 1.807) is 0 Å². The smallest absolute Gasteiger partial charge is 0.101 e. The Bertz CT molecular complexity index is 630. The van der Waals surface area contributed by atoms with Gasteiger partial charge in [0.25, 0.3) is 0 Å². The maximum atomic E-state index is 9.30. The summed E-state index contributed by atoms with van der Waals surface area (Å²) in [5, 5.41) is 9.30. The lowest BCUT2D eigenvalue weighted by atomic mass is 10.1. The van der Waals surface area contributed by atoms with E-state index in [0.29, 0.717) is 12.1 Å². The van der Waals surface area contributed by atoms with Crippen LogP contribution in [-0.4, -0.2) is 0 Å². The zero-order valence-electron chi connectivity index (χ0n) is 10.6. The summed E-state index contributed by atoms with van der Waals surface area (Å²) in [4.78, 5) is 2.24. The van der Waals surface area contributed by atoms with E-state index in [2.05, 4.69) is 35.2 Å². The second-order valence-electron chi connectivity index (χ2n) is 4.79. The molecule has 3 rings (SSSR count). The Hall–Kier alpha value is -2.31. The average molecular weight is 249 g/mol. The van der Waals surface area contributed by atoms with Crippen LogP contribution in [0.5, 0.6) is 0 Å². The summed E-state index contributed by atoms with van der Waals surface area (Å²) in [5.41, 5.74) is 11.0. The van der Waals surface area contributed by atoms with Crippen molar-refractivity contribution >= 4 is 5.69 Å². The number of nitrogens with two attached hydrogens (primary N) is 1. The number of hydrogen-bond donors (Lipinski definition) is 1. The highest BCUT2D eigenvalue weighted by Gasteiger charge is 2.20. The van der Waals surface area contributed by atoms with E-state index < -0.39 is 0 Å². The van der Waals surface area contributed by atoms with Gasteiger partial charge in [-0.05, 0) is 28.8 Å². The molecule has 0 aromatic heterocycles. The molecule has 0 saturated carbocycles. The van der Waals surface area contributed by atoms with Gasteiger partial charge in [0, 0.05) is 19.6 Å². The maximum Gasteiger partial charge on any atom is 0.101 e. The second kappa shape index (κ2) is 4.75. The number of rotatable bonds is 2. The normalized spacial score (nSPS) is 13.2. The van der Waals surface area contributed by atoms with Crippen molar-refractivity contribution in [2.24, 2.45) is 5.73 Å². The topological polar surface area (TPSA) is 53.1 Å². The molecule has 1 aliphatic rings. The SMILES string of the molecule is N#Cc1cc(CN)ccc1N1Cc2ccccc2C1. The van der Waals surface area contributed by atoms with E-state index in [0.717, 1.165) is 24.3 Å². The molecule has 0 atom stereocenters. The Morgan fingerprint density at radius 1 is 1.11 bits per heavy atom. The number of nitriles is 1. The van der Waals surface area contributed by atoms with Crippen molar-refractivity contribution in [2.75, 3.05) is 4.90 Å². The van der Waals surface area contributed by atoms with E-state index >= 15 is 0 Å². The molecule has 94 valence electrons. The molecule has 1 aliphatic heterocycles. The summed E-state index contributed by atoms with van der Waals surface area (Å²) in [6.45, 7) is 2.20. The first-order valence-corrected chi connectivity index (χ1v) is 6.36. The Morgan fingerprint density at radius 3 is 2.37 bits per heavy atom. The molecule has 0 radical (unpaired) electrons. The van der Waals surface area contributed by atoms with Gasteiger partial charge in [-0.15, -0.1) is 0 Å². The van der Waals surface area contributed by atoms with Crippen LogP contribution in [0, 0.1) is 11.3 Å². The van der Waals surface area contributed by atoms with Crippen LogP contribution in [0.15, 0.2) is 42.5 Å². The maximum absolute atomic E-state index is 9.30. The van der Waals surface area contributed by atoms with Crippen molar-refractivity contribution in [1.29, 1.82) is 5.26 Å². The van der Waals surface area contributed by atoms with Crippen LogP contribution in [0.2, 0.25) is 0 Å². The van der Waals surface area contributed by atoms with Gasteiger partial charge in [-0.3, -0.25) is 0 Å². The van der Waals surface area contributed by atoms with Gasteiger partial charge in [0.15, 0.2) is 0 Å². The Morgan fingerprint density at radius 2 is 1.79 bits per heavy atom. The molecule has 0 saturated heterocycles. The molecule has 0 fully saturated rings. The molecule has 0 unspecified atom stereocenters. The highest BCUT2D eigenvalue weighted by molar-refractivity contribution is 5.62. The van der Waals surface area contributed by atoms with Crippen LogP contribution >= 0.6 is 0 Å². The minimum absolute atomic E-state index is 0.467. The third-order valence-corrected chi connectivity index (χ3v) is 3.60. The summed E-state index contributed by atoms with van der Waals surface area (Å²) < 4.78 is 0. The van der Waals surface area contributed by atoms with Gasteiger partial charge in [0.1, 0.15) is 6.07 Å². The van der Waals surface area contributed by atoms with Gasteiger partial charge in [0.2, 0.25) is 0 Å². The molecular weight excluding hydrogens is 234 g/mol. The average Bonchev–Trinajstić information content (AvgIpc) is 2.90. The Labute approximate surface area is 112 Å². The first-order valence-electron chi connectivity index (χ1n) is 6.36. The summed E-state index contributed by atoms with van der Waals surface area (Å²) in [5.74, 6) is 0. The molecule has 0 aliphatic carbocycles. The molecule has 3 nitrogen and oxygen atoms in total. The minimum Gasteiger partial charge on any atom is -0.362 e. The van der Waals surface area contributed by atoms with Gasteiger partial charge >= 0.3 is 0 Å². The van der Waals surface area contributed by atoms with Crippen LogP contribution in [0.1, 0.15) is 22.3 Å². The lowest BCUT2D eigenvalue weighted by Gasteiger charge is -2.19. The molecule has 19 heavy (non-hydrogen) atoms. The van der Waals surface area contributed by atoms with Gasteiger partial charge in [-0.1, -0.05) is 30.3 Å². The lowest BCUT2D eigenvalue weighted by Crippen LogP contribution is -2.16. The first kappa shape index (κ1) is 11.8. The second-order valence-corrected chi connectivity index (χ2v) is 4.79. The van der Waals surface area contributed by atoms with Crippen LogP contribution in [0.4, 0.5) is 5.69 Å². The van der Waals surface area contributed by atoms with Crippen LogP contribution in [0.25, 0.3) is 0 Å². The van der Waals surface area contributed by atoms with Crippen molar-refractivity contribution < 1.29 is 0 Å². The highest BCUT2D eigenvalue weighted by Crippen LogP contribution is 2.30. The zero-order valence-corrected chi connectivity index (χ0v) is 10.6. The van der Waals surface area contributed by atoms with E-state index in [1.807, 2.05) is 18.2 Å². The van der Waals surface area contributed by atoms with Gasteiger partial charge in [-0.2, -0.15) is 5.26 Å². The Balaban J connectivity index is 1.95. The van der Waals surface area contributed by atoms with Crippen molar-refractivity contribution in [1.82, 2.24) is 0 Å².